The number of amidine groups is 1. The lowest BCUT2D eigenvalue weighted by molar-refractivity contribution is -0.117. The summed E-state index contributed by atoms with van der Waals surface area (Å²) in [6.07, 6.45) is 0. The average molecular weight is 222 g/mol. The number of carbonyl (C=O) groups excluding carboxylic acids is 1. The van der Waals surface area contributed by atoms with E-state index in [2.05, 4.69) is 10.5 Å². The standard InChI is InChI=1S/C10H14N4O2/c11-9(15)6-13-5-7-2-1-3-8(4-7)10(12)14-16/h1-4,13,16H,5-6H2,(H2,11,15)(H2,12,14). The Hall–Kier alpha value is -2.08. The molecule has 0 spiro atoms. The third-order valence-electron chi connectivity index (χ3n) is 1.96. The van der Waals surface area contributed by atoms with Crippen molar-refractivity contribution in [3.05, 3.63) is 35.4 Å². The molecule has 6 nitrogen and oxygen atoms in total. The van der Waals surface area contributed by atoms with E-state index >= 15 is 0 Å². The minimum absolute atomic E-state index is 0.0525. The van der Waals surface area contributed by atoms with Crippen LogP contribution in [-0.4, -0.2) is 23.5 Å². The van der Waals surface area contributed by atoms with E-state index in [9.17, 15) is 4.79 Å². The number of primary amides is 1. The highest BCUT2D eigenvalue weighted by molar-refractivity contribution is 5.97. The summed E-state index contributed by atoms with van der Waals surface area (Å²) in [5, 5.41) is 14.3. The maximum Gasteiger partial charge on any atom is 0.231 e. The fraction of sp³-hybridized carbons (Fsp3) is 0.200. The molecular formula is C10H14N4O2. The normalized spacial score (nSPS) is 11.4. The first-order valence-corrected chi connectivity index (χ1v) is 4.69. The van der Waals surface area contributed by atoms with Gasteiger partial charge in [-0.2, -0.15) is 0 Å². The van der Waals surface area contributed by atoms with Crippen LogP contribution in [0.2, 0.25) is 0 Å². The Labute approximate surface area is 92.9 Å². The highest BCUT2D eigenvalue weighted by Crippen LogP contribution is 2.04. The maximum atomic E-state index is 10.5. The molecule has 0 saturated heterocycles. The number of oxime groups is 1. The lowest BCUT2D eigenvalue weighted by Gasteiger charge is -2.04. The highest BCUT2D eigenvalue weighted by Gasteiger charge is 2.00. The van der Waals surface area contributed by atoms with Crippen molar-refractivity contribution in [1.82, 2.24) is 5.32 Å². The van der Waals surface area contributed by atoms with Gasteiger partial charge in [0.05, 0.1) is 6.54 Å². The zero-order chi connectivity index (χ0) is 12.0. The highest BCUT2D eigenvalue weighted by atomic mass is 16.4. The van der Waals surface area contributed by atoms with Gasteiger partial charge in [0.2, 0.25) is 5.91 Å². The average Bonchev–Trinajstić information content (AvgIpc) is 2.28. The predicted molar refractivity (Wildman–Crippen MR) is 59.9 cm³/mol. The van der Waals surface area contributed by atoms with Gasteiger partial charge in [-0.1, -0.05) is 23.4 Å². The fourth-order valence-electron chi connectivity index (χ4n) is 1.23. The van der Waals surface area contributed by atoms with Gasteiger partial charge in [-0.15, -0.1) is 0 Å². The minimum Gasteiger partial charge on any atom is -0.409 e. The van der Waals surface area contributed by atoms with Crippen LogP contribution in [0.3, 0.4) is 0 Å². The smallest absolute Gasteiger partial charge is 0.231 e. The zero-order valence-corrected chi connectivity index (χ0v) is 8.68. The lowest BCUT2D eigenvalue weighted by atomic mass is 10.1. The van der Waals surface area contributed by atoms with Crippen LogP contribution in [0.15, 0.2) is 29.4 Å². The van der Waals surface area contributed by atoms with E-state index in [1.54, 1.807) is 18.2 Å². The fourth-order valence-corrected chi connectivity index (χ4v) is 1.23. The second kappa shape index (κ2) is 5.72. The number of rotatable bonds is 5. The molecule has 86 valence electrons. The van der Waals surface area contributed by atoms with Crippen LogP contribution in [-0.2, 0) is 11.3 Å². The first kappa shape index (κ1) is 12.0. The minimum atomic E-state index is -0.410. The third kappa shape index (κ3) is 3.58. The van der Waals surface area contributed by atoms with Gasteiger partial charge in [0.15, 0.2) is 5.84 Å². The largest absolute Gasteiger partial charge is 0.409 e. The van der Waals surface area contributed by atoms with E-state index < -0.39 is 5.91 Å². The molecule has 0 bridgehead atoms. The summed E-state index contributed by atoms with van der Waals surface area (Å²) in [6.45, 7) is 0.614. The quantitative estimate of drug-likeness (QED) is 0.229. The maximum absolute atomic E-state index is 10.5. The predicted octanol–water partition coefficient (Wildman–Crippen LogP) is -0.644. The monoisotopic (exact) mass is 222 g/mol. The van der Waals surface area contributed by atoms with Crippen molar-refractivity contribution in [2.75, 3.05) is 6.54 Å². The SMILES string of the molecule is NC(=O)CNCc1cccc(C(N)=NO)c1. The molecule has 0 atom stereocenters. The molecule has 6 heteroatoms. The van der Waals surface area contributed by atoms with Crippen molar-refractivity contribution >= 4 is 11.7 Å². The van der Waals surface area contributed by atoms with Crippen LogP contribution in [0, 0.1) is 0 Å². The van der Waals surface area contributed by atoms with Gasteiger partial charge < -0.3 is 22.0 Å². The Kier molecular flexibility index (Phi) is 4.28. The molecule has 0 aliphatic rings. The summed E-state index contributed by atoms with van der Waals surface area (Å²) in [5.41, 5.74) is 12.0. The topological polar surface area (TPSA) is 114 Å². The Balaban J connectivity index is 2.64. The van der Waals surface area contributed by atoms with Crippen LogP contribution in [0.1, 0.15) is 11.1 Å². The van der Waals surface area contributed by atoms with Crippen molar-refractivity contribution in [2.24, 2.45) is 16.6 Å². The van der Waals surface area contributed by atoms with Gasteiger partial charge in [0.1, 0.15) is 0 Å². The number of carbonyl (C=O) groups is 1. The van der Waals surface area contributed by atoms with Crippen molar-refractivity contribution in [3.8, 4) is 0 Å². The molecule has 0 fully saturated rings. The molecule has 6 N–H and O–H groups in total. The molecule has 1 rings (SSSR count). The molecular weight excluding hydrogens is 208 g/mol. The van der Waals surface area contributed by atoms with Gasteiger partial charge in [0, 0.05) is 12.1 Å². The number of nitrogens with two attached hydrogens (primary N) is 2. The molecule has 0 radical (unpaired) electrons. The zero-order valence-electron chi connectivity index (χ0n) is 8.68. The Morgan fingerprint density at radius 2 is 2.19 bits per heavy atom. The van der Waals surface area contributed by atoms with Gasteiger partial charge in [-0.25, -0.2) is 0 Å². The molecule has 1 amide bonds. The molecule has 0 heterocycles. The summed E-state index contributed by atoms with van der Waals surface area (Å²) in [6, 6.07) is 7.15. The van der Waals surface area contributed by atoms with Gasteiger partial charge in [-0.05, 0) is 11.6 Å². The summed E-state index contributed by atoms with van der Waals surface area (Å²) in [5.74, 6) is -0.357. The first-order valence-electron chi connectivity index (χ1n) is 4.69. The molecule has 0 aliphatic carbocycles. The van der Waals surface area contributed by atoms with E-state index in [-0.39, 0.29) is 12.4 Å². The number of hydrogen-bond acceptors (Lipinski definition) is 4. The van der Waals surface area contributed by atoms with E-state index in [4.69, 9.17) is 16.7 Å². The number of amides is 1. The van der Waals surface area contributed by atoms with Crippen molar-refractivity contribution in [3.63, 3.8) is 0 Å². The Morgan fingerprint density at radius 1 is 1.44 bits per heavy atom. The van der Waals surface area contributed by atoms with Crippen molar-refractivity contribution in [2.45, 2.75) is 6.54 Å². The van der Waals surface area contributed by atoms with Gasteiger partial charge >= 0.3 is 0 Å². The van der Waals surface area contributed by atoms with Crippen LogP contribution >= 0.6 is 0 Å². The van der Waals surface area contributed by atoms with Crippen LogP contribution in [0.5, 0.6) is 0 Å². The molecule has 1 aromatic rings. The molecule has 0 saturated carbocycles. The van der Waals surface area contributed by atoms with Crippen LogP contribution < -0.4 is 16.8 Å². The van der Waals surface area contributed by atoms with E-state index in [1.807, 2.05) is 6.07 Å². The Morgan fingerprint density at radius 3 is 2.81 bits per heavy atom. The number of nitrogens with zero attached hydrogens (tertiary/aromatic N) is 1. The Bertz CT molecular complexity index is 404. The number of hydrogen-bond donors (Lipinski definition) is 4. The number of nitrogens with one attached hydrogen (secondary N) is 1. The van der Waals surface area contributed by atoms with Gasteiger partial charge in [-0.3, -0.25) is 4.79 Å². The molecule has 16 heavy (non-hydrogen) atoms. The molecule has 1 aromatic carbocycles. The second-order valence-electron chi connectivity index (χ2n) is 3.26. The van der Waals surface area contributed by atoms with E-state index in [1.165, 1.54) is 0 Å². The third-order valence-corrected chi connectivity index (χ3v) is 1.96. The summed E-state index contributed by atoms with van der Waals surface area (Å²) >= 11 is 0. The molecule has 0 aliphatic heterocycles. The van der Waals surface area contributed by atoms with E-state index in [0.29, 0.717) is 12.1 Å². The lowest BCUT2D eigenvalue weighted by Crippen LogP contribution is -2.28. The van der Waals surface area contributed by atoms with Crippen LogP contribution in [0.4, 0.5) is 0 Å². The summed E-state index contributed by atoms with van der Waals surface area (Å²) < 4.78 is 0. The van der Waals surface area contributed by atoms with Gasteiger partial charge in [0.25, 0.3) is 0 Å². The molecule has 0 aromatic heterocycles. The van der Waals surface area contributed by atoms with Crippen molar-refractivity contribution in [1.29, 1.82) is 0 Å². The first-order chi connectivity index (χ1) is 7.63. The second-order valence-corrected chi connectivity index (χ2v) is 3.26. The number of benzene rings is 1. The van der Waals surface area contributed by atoms with Crippen molar-refractivity contribution < 1.29 is 10.0 Å². The summed E-state index contributed by atoms with van der Waals surface area (Å²) in [7, 11) is 0. The summed E-state index contributed by atoms with van der Waals surface area (Å²) in [4.78, 5) is 10.5. The molecule has 0 unspecified atom stereocenters. The van der Waals surface area contributed by atoms with E-state index in [0.717, 1.165) is 5.56 Å². The van der Waals surface area contributed by atoms with Crippen LogP contribution in [0.25, 0.3) is 0 Å².